The first-order chi connectivity index (χ1) is 15.1. The summed E-state index contributed by atoms with van der Waals surface area (Å²) in [6, 6.07) is 6.69. The van der Waals surface area contributed by atoms with Crippen LogP contribution in [-0.4, -0.2) is 84.6 Å². The zero-order valence-corrected chi connectivity index (χ0v) is 17.6. The van der Waals surface area contributed by atoms with Gasteiger partial charge in [0.15, 0.2) is 0 Å². The summed E-state index contributed by atoms with van der Waals surface area (Å²) < 4.78 is 5.32. The van der Waals surface area contributed by atoms with Crippen LogP contribution in [0.15, 0.2) is 30.5 Å². The maximum Gasteiger partial charge on any atom is 0.324 e. The lowest BCUT2D eigenvalue weighted by atomic mass is 10.1. The first-order valence-corrected chi connectivity index (χ1v) is 10.9. The highest BCUT2D eigenvalue weighted by Gasteiger charge is 2.38. The number of rotatable bonds is 9. The molecule has 1 atom stereocenters. The number of benzene rings is 1. The van der Waals surface area contributed by atoms with Crippen molar-refractivity contribution < 1.29 is 19.1 Å². The van der Waals surface area contributed by atoms with Crippen molar-refractivity contribution >= 4 is 28.7 Å². The molecule has 31 heavy (non-hydrogen) atoms. The van der Waals surface area contributed by atoms with Crippen LogP contribution in [-0.2, 0) is 20.7 Å². The third-order valence-electron chi connectivity index (χ3n) is 5.85. The van der Waals surface area contributed by atoms with Gasteiger partial charge in [-0.1, -0.05) is 18.2 Å². The number of carbonyl (C=O) groups is 3. The Hall–Kier alpha value is -2.91. The Labute approximate surface area is 181 Å². The third kappa shape index (κ3) is 5.23. The van der Waals surface area contributed by atoms with E-state index in [0.717, 1.165) is 55.7 Å². The van der Waals surface area contributed by atoms with Crippen molar-refractivity contribution in [3.8, 4) is 0 Å². The Morgan fingerprint density at radius 3 is 2.81 bits per heavy atom. The third-order valence-corrected chi connectivity index (χ3v) is 5.85. The summed E-state index contributed by atoms with van der Waals surface area (Å²) >= 11 is 0. The quantitative estimate of drug-likeness (QED) is 0.407. The first kappa shape index (κ1) is 21.3. The molecule has 9 nitrogen and oxygen atoms in total. The Morgan fingerprint density at radius 1 is 1.16 bits per heavy atom. The summed E-state index contributed by atoms with van der Waals surface area (Å²) in [7, 11) is 0. The van der Waals surface area contributed by atoms with E-state index in [0.29, 0.717) is 13.0 Å². The summed E-state index contributed by atoms with van der Waals surface area (Å²) in [5.74, 6) is -0.563. The molecule has 2 aliphatic rings. The molecule has 4 rings (SSSR count). The van der Waals surface area contributed by atoms with Crippen LogP contribution in [0.5, 0.6) is 0 Å². The normalized spacial score (nSPS) is 19.7. The molecular weight excluding hydrogens is 398 g/mol. The average molecular weight is 428 g/mol. The van der Waals surface area contributed by atoms with E-state index in [1.54, 1.807) is 0 Å². The van der Waals surface area contributed by atoms with Crippen molar-refractivity contribution in [3.63, 3.8) is 0 Å². The van der Waals surface area contributed by atoms with Gasteiger partial charge < -0.3 is 20.4 Å². The number of morpholine rings is 1. The number of urea groups is 1. The minimum Gasteiger partial charge on any atom is -0.379 e. The van der Waals surface area contributed by atoms with Gasteiger partial charge in [0.2, 0.25) is 5.91 Å². The predicted molar refractivity (Wildman–Crippen MR) is 116 cm³/mol. The molecule has 3 heterocycles. The molecule has 4 amide bonds. The number of aromatic amines is 1. The molecule has 0 saturated carbocycles. The fourth-order valence-corrected chi connectivity index (χ4v) is 4.11. The fraction of sp³-hybridized carbons (Fsp3) is 0.500. The molecule has 0 unspecified atom stereocenters. The minimum absolute atomic E-state index is 0.0360. The molecule has 2 fully saturated rings. The van der Waals surface area contributed by atoms with Crippen LogP contribution < -0.4 is 10.6 Å². The zero-order valence-electron chi connectivity index (χ0n) is 17.6. The Kier molecular flexibility index (Phi) is 6.83. The SMILES string of the molecule is O=C(C[C@H]1NC(=O)N(CCc2c[nH]c3ccccc23)C1=O)NCCCN1CCOCC1. The maximum atomic E-state index is 12.6. The molecule has 2 aromatic rings. The predicted octanol–water partition coefficient (Wildman–Crippen LogP) is 0.859. The molecule has 3 N–H and O–H groups in total. The smallest absolute Gasteiger partial charge is 0.324 e. The van der Waals surface area contributed by atoms with Crippen molar-refractivity contribution in [1.82, 2.24) is 25.4 Å². The van der Waals surface area contributed by atoms with Crippen molar-refractivity contribution in [2.45, 2.75) is 25.3 Å². The van der Waals surface area contributed by atoms with Gasteiger partial charge in [-0.05, 0) is 31.0 Å². The van der Waals surface area contributed by atoms with Gasteiger partial charge in [0.1, 0.15) is 6.04 Å². The summed E-state index contributed by atoms with van der Waals surface area (Å²) in [5.41, 5.74) is 2.08. The number of para-hydroxylation sites is 1. The maximum absolute atomic E-state index is 12.6. The number of nitrogens with zero attached hydrogens (tertiary/aromatic N) is 2. The molecule has 0 spiro atoms. The second-order valence-corrected chi connectivity index (χ2v) is 7.96. The van der Waals surface area contributed by atoms with Crippen LogP contribution in [0.1, 0.15) is 18.4 Å². The van der Waals surface area contributed by atoms with E-state index < -0.39 is 12.1 Å². The number of amides is 4. The standard InChI is InChI=1S/C22H29N5O4/c28-20(23-7-3-8-26-10-12-31-13-11-26)14-19-21(29)27(22(30)25-19)9-6-16-15-24-18-5-2-1-4-17(16)18/h1-2,4-5,15,19,24H,3,6-14H2,(H,23,28)(H,25,30)/t19-/m1/s1. The average Bonchev–Trinajstić information content (AvgIpc) is 3.31. The summed E-state index contributed by atoms with van der Waals surface area (Å²) in [5, 5.41) is 6.58. The number of hydrogen-bond acceptors (Lipinski definition) is 5. The second-order valence-electron chi connectivity index (χ2n) is 7.96. The van der Waals surface area contributed by atoms with E-state index in [9.17, 15) is 14.4 Å². The largest absolute Gasteiger partial charge is 0.379 e. The van der Waals surface area contributed by atoms with E-state index in [4.69, 9.17) is 4.74 Å². The van der Waals surface area contributed by atoms with E-state index in [1.165, 1.54) is 4.90 Å². The van der Waals surface area contributed by atoms with E-state index in [2.05, 4.69) is 20.5 Å². The van der Waals surface area contributed by atoms with Crippen molar-refractivity contribution in [1.29, 1.82) is 0 Å². The molecule has 0 bridgehead atoms. The number of imide groups is 1. The zero-order chi connectivity index (χ0) is 21.6. The monoisotopic (exact) mass is 427 g/mol. The van der Waals surface area contributed by atoms with Gasteiger partial charge in [0, 0.05) is 43.3 Å². The fourth-order valence-electron chi connectivity index (χ4n) is 4.11. The van der Waals surface area contributed by atoms with Crippen molar-refractivity contribution in [2.75, 3.05) is 45.9 Å². The van der Waals surface area contributed by atoms with Gasteiger partial charge in [-0.25, -0.2) is 4.79 Å². The minimum atomic E-state index is -0.797. The highest BCUT2D eigenvalue weighted by molar-refractivity contribution is 6.05. The van der Waals surface area contributed by atoms with Crippen molar-refractivity contribution in [3.05, 3.63) is 36.0 Å². The Balaban J connectivity index is 1.21. The topological polar surface area (TPSA) is 107 Å². The molecule has 9 heteroatoms. The Morgan fingerprint density at radius 2 is 1.97 bits per heavy atom. The van der Waals surface area contributed by atoms with Crippen LogP contribution in [0, 0.1) is 0 Å². The van der Waals surface area contributed by atoms with Crippen LogP contribution >= 0.6 is 0 Å². The molecule has 2 saturated heterocycles. The highest BCUT2D eigenvalue weighted by Crippen LogP contribution is 2.19. The molecular formula is C22H29N5O4. The van der Waals surface area contributed by atoms with Crippen LogP contribution in [0.2, 0.25) is 0 Å². The van der Waals surface area contributed by atoms with Gasteiger partial charge >= 0.3 is 6.03 Å². The van der Waals surface area contributed by atoms with Crippen molar-refractivity contribution in [2.24, 2.45) is 0 Å². The number of carbonyl (C=O) groups excluding carboxylic acids is 3. The lowest BCUT2D eigenvalue weighted by Gasteiger charge is -2.26. The van der Waals surface area contributed by atoms with Gasteiger partial charge in [0.25, 0.3) is 5.91 Å². The summed E-state index contributed by atoms with van der Waals surface area (Å²) in [4.78, 5) is 43.9. The van der Waals surface area contributed by atoms with E-state index in [1.807, 2.05) is 30.5 Å². The Bertz CT molecular complexity index is 937. The van der Waals surface area contributed by atoms with Gasteiger partial charge in [0.05, 0.1) is 19.6 Å². The second kappa shape index (κ2) is 9.93. The number of ether oxygens (including phenoxy) is 1. The van der Waals surface area contributed by atoms with Gasteiger partial charge in [-0.3, -0.25) is 19.4 Å². The van der Waals surface area contributed by atoms with E-state index >= 15 is 0 Å². The number of aromatic nitrogens is 1. The number of nitrogens with one attached hydrogen (secondary N) is 3. The number of hydrogen-bond donors (Lipinski definition) is 3. The molecule has 2 aliphatic heterocycles. The van der Waals surface area contributed by atoms with Crippen LogP contribution in [0.25, 0.3) is 10.9 Å². The molecule has 166 valence electrons. The molecule has 1 aromatic carbocycles. The summed E-state index contributed by atoms with van der Waals surface area (Å²) in [6.45, 7) is 5.10. The van der Waals surface area contributed by atoms with Gasteiger partial charge in [-0.15, -0.1) is 0 Å². The lowest BCUT2D eigenvalue weighted by Crippen LogP contribution is -2.39. The number of fused-ring (bicyclic) bond motifs is 1. The first-order valence-electron chi connectivity index (χ1n) is 10.9. The molecule has 0 aliphatic carbocycles. The molecule has 0 radical (unpaired) electrons. The number of H-pyrrole nitrogens is 1. The van der Waals surface area contributed by atoms with Crippen LogP contribution in [0.4, 0.5) is 4.79 Å². The van der Waals surface area contributed by atoms with E-state index in [-0.39, 0.29) is 24.8 Å². The lowest BCUT2D eigenvalue weighted by molar-refractivity contribution is -0.130. The van der Waals surface area contributed by atoms with Crippen LogP contribution in [0.3, 0.4) is 0 Å². The van der Waals surface area contributed by atoms with Gasteiger partial charge in [-0.2, -0.15) is 0 Å². The molecule has 1 aromatic heterocycles. The highest BCUT2D eigenvalue weighted by atomic mass is 16.5. The summed E-state index contributed by atoms with van der Waals surface area (Å²) in [6.07, 6.45) is 3.27.